The van der Waals surface area contributed by atoms with E-state index in [1.54, 1.807) is 13.8 Å². The van der Waals surface area contributed by atoms with Crippen molar-refractivity contribution in [2.24, 2.45) is 0 Å². The van der Waals surface area contributed by atoms with Crippen LogP contribution in [0.5, 0.6) is 0 Å². The largest absolute Gasteiger partial charge is 0.416 e. The number of alkyl halides is 3. The molecular weight excluding hydrogens is 337 g/mol. The smallest absolute Gasteiger partial charge is 0.387 e. The summed E-state index contributed by atoms with van der Waals surface area (Å²) in [7, 11) is 0. The molecule has 0 aliphatic heterocycles. The van der Waals surface area contributed by atoms with Crippen LogP contribution in [0.15, 0.2) is 28.8 Å². The molecule has 0 aliphatic rings. The molecule has 0 spiro atoms. The van der Waals surface area contributed by atoms with Gasteiger partial charge < -0.3 is 14.9 Å². The van der Waals surface area contributed by atoms with Crippen molar-refractivity contribution >= 4 is 16.9 Å². The van der Waals surface area contributed by atoms with Crippen LogP contribution in [0.2, 0.25) is 0 Å². The summed E-state index contributed by atoms with van der Waals surface area (Å²) in [5, 5.41) is 17.5. The van der Waals surface area contributed by atoms with Gasteiger partial charge in [0.25, 0.3) is 5.71 Å². The zero-order valence-corrected chi connectivity index (χ0v) is 13.4. The minimum Gasteiger partial charge on any atom is -0.387 e. The third-order valence-corrected chi connectivity index (χ3v) is 3.68. The predicted octanol–water partition coefficient (Wildman–Crippen LogP) is 3.40. The Bertz CT molecular complexity index is 908. The second-order valence-corrected chi connectivity index (χ2v) is 5.59. The maximum atomic E-state index is 12.8. The first-order valence-electron chi connectivity index (χ1n) is 7.45. The molecule has 0 radical (unpaired) electrons. The summed E-state index contributed by atoms with van der Waals surface area (Å²) >= 11 is 0. The minimum absolute atomic E-state index is 0.0303. The molecule has 3 aromatic rings. The van der Waals surface area contributed by atoms with Crippen molar-refractivity contribution in [1.29, 1.82) is 0 Å². The first kappa shape index (κ1) is 17.2. The van der Waals surface area contributed by atoms with Gasteiger partial charge >= 0.3 is 6.18 Å². The number of nitrogens with zero attached hydrogens (tertiary/aromatic N) is 3. The maximum absolute atomic E-state index is 12.8. The van der Waals surface area contributed by atoms with Crippen molar-refractivity contribution < 1.29 is 22.8 Å². The first-order valence-corrected chi connectivity index (χ1v) is 7.45. The molecule has 0 saturated heterocycles. The van der Waals surface area contributed by atoms with Gasteiger partial charge in [0.2, 0.25) is 0 Å². The monoisotopic (exact) mass is 352 g/mol. The predicted molar refractivity (Wildman–Crippen MR) is 84.0 cm³/mol. The highest BCUT2D eigenvalue weighted by atomic mass is 19.4. The van der Waals surface area contributed by atoms with Crippen LogP contribution in [0.25, 0.3) is 11.1 Å². The van der Waals surface area contributed by atoms with Gasteiger partial charge in [-0.1, -0.05) is 17.3 Å². The van der Waals surface area contributed by atoms with Gasteiger partial charge in [-0.15, -0.1) is 0 Å². The molecule has 9 heteroatoms. The fourth-order valence-corrected chi connectivity index (χ4v) is 2.46. The highest BCUT2D eigenvalue weighted by Crippen LogP contribution is 2.31. The molecule has 1 unspecified atom stereocenters. The van der Waals surface area contributed by atoms with Gasteiger partial charge in [0.15, 0.2) is 0 Å². The van der Waals surface area contributed by atoms with E-state index >= 15 is 0 Å². The Morgan fingerprint density at radius 1 is 1.24 bits per heavy atom. The molecular formula is C16H15F3N4O2. The van der Waals surface area contributed by atoms with E-state index in [1.165, 1.54) is 12.1 Å². The lowest BCUT2D eigenvalue weighted by Gasteiger charge is -2.15. The molecule has 0 saturated carbocycles. The van der Waals surface area contributed by atoms with E-state index in [1.807, 2.05) is 0 Å². The Kier molecular flexibility index (Phi) is 4.34. The molecule has 2 N–H and O–H groups in total. The van der Waals surface area contributed by atoms with Crippen LogP contribution in [-0.4, -0.2) is 26.8 Å². The second kappa shape index (κ2) is 6.32. The summed E-state index contributed by atoms with van der Waals surface area (Å²) in [5.74, 6) is 0.854. The fourth-order valence-electron chi connectivity index (χ4n) is 2.46. The summed E-state index contributed by atoms with van der Waals surface area (Å²) < 4.78 is 43.4. The van der Waals surface area contributed by atoms with Gasteiger partial charge in [0, 0.05) is 6.54 Å². The van der Waals surface area contributed by atoms with Crippen molar-refractivity contribution in [3.8, 4) is 0 Å². The summed E-state index contributed by atoms with van der Waals surface area (Å²) in [6.45, 7) is 3.36. The van der Waals surface area contributed by atoms with Crippen LogP contribution < -0.4 is 5.32 Å². The van der Waals surface area contributed by atoms with Crippen molar-refractivity contribution in [1.82, 2.24) is 15.1 Å². The molecule has 0 fully saturated rings. The third-order valence-electron chi connectivity index (χ3n) is 3.68. The van der Waals surface area contributed by atoms with E-state index in [0.717, 1.165) is 12.1 Å². The van der Waals surface area contributed by atoms with Gasteiger partial charge in [-0.2, -0.15) is 18.2 Å². The standard InChI is InChI=1S/C16H15F3N4O2/c1-8-13-14(21-9(2)22-15(13)25-23-8)20-7-12(24)10-4-3-5-11(6-10)16(17,18)19/h3-6,12,24H,7H2,1-2H3,(H,20,21,22). The van der Waals surface area contributed by atoms with Crippen LogP contribution in [-0.2, 0) is 6.18 Å². The highest BCUT2D eigenvalue weighted by molar-refractivity contribution is 5.87. The van der Waals surface area contributed by atoms with E-state index in [9.17, 15) is 18.3 Å². The number of nitrogens with one attached hydrogen (secondary N) is 1. The number of rotatable bonds is 4. The van der Waals surface area contributed by atoms with E-state index in [2.05, 4.69) is 20.4 Å². The van der Waals surface area contributed by atoms with Gasteiger partial charge in [-0.05, 0) is 31.5 Å². The summed E-state index contributed by atoms with van der Waals surface area (Å²) in [5.41, 5.74) is 0.234. The molecule has 1 atom stereocenters. The minimum atomic E-state index is -4.46. The molecule has 2 heterocycles. The van der Waals surface area contributed by atoms with Gasteiger partial charge in [-0.3, -0.25) is 0 Å². The molecule has 2 aromatic heterocycles. The van der Waals surface area contributed by atoms with E-state index in [4.69, 9.17) is 4.52 Å². The Morgan fingerprint density at radius 2 is 2.00 bits per heavy atom. The molecule has 6 nitrogen and oxygen atoms in total. The van der Waals surface area contributed by atoms with Crippen molar-refractivity contribution in [2.75, 3.05) is 11.9 Å². The van der Waals surface area contributed by atoms with Crippen LogP contribution in [0.1, 0.15) is 28.7 Å². The topological polar surface area (TPSA) is 84.1 Å². The van der Waals surface area contributed by atoms with Crippen LogP contribution in [0, 0.1) is 13.8 Å². The Balaban J connectivity index is 1.81. The summed E-state index contributed by atoms with van der Waals surface area (Å²) in [6.07, 6.45) is -5.61. The number of aliphatic hydroxyl groups excluding tert-OH is 1. The zero-order valence-electron chi connectivity index (χ0n) is 13.4. The first-order chi connectivity index (χ1) is 11.8. The summed E-state index contributed by atoms with van der Waals surface area (Å²) in [4.78, 5) is 8.36. The Hall–Kier alpha value is -2.68. The zero-order chi connectivity index (χ0) is 18.2. The lowest BCUT2D eigenvalue weighted by molar-refractivity contribution is -0.137. The van der Waals surface area contributed by atoms with Crippen molar-refractivity contribution in [3.05, 3.63) is 46.9 Å². The highest BCUT2D eigenvalue weighted by Gasteiger charge is 2.30. The molecule has 0 amide bonds. The number of fused-ring (bicyclic) bond motifs is 1. The lowest BCUT2D eigenvalue weighted by atomic mass is 10.1. The Morgan fingerprint density at radius 3 is 2.72 bits per heavy atom. The number of hydrogen-bond acceptors (Lipinski definition) is 6. The number of aromatic nitrogens is 3. The quantitative estimate of drug-likeness (QED) is 0.749. The fraction of sp³-hybridized carbons (Fsp3) is 0.312. The number of benzene rings is 1. The molecule has 132 valence electrons. The van der Waals surface area contributed by atoms with Crippen LogP contribution in [0.3, 0.4) is 0 Å². The molecule has 25 heavy (non-hydrogen) atoms. The lowest BCUT2D eigenvalue weighted by Crippen LogP contribution is -2.15. The maximum Gasteiger partial charge on any atom is 0.416 e. The van der Waals surface area contributed by atoms with Gasteiger partial charge in [-0.25, -0.2) is 4.98 Å². The van der Waals surface area contributed by atoms with Crippen LogP contribution >= 0.6 is 0 Å². The molecule has 0 bridgehead atoms. The number of aryl methyl sites for hydroxylation is 2. The van der Waals surface area contributed by atoms with Gasteiger partial charge in [0.1, 0.15) is 17.0 Å². The number of hydrogen-bond donors (Lipinski definition) is 2. The SMILES string of the molecule is Cc1nc(NCC(O)c2cccc(C(F)(F)F)c2)c2c(C)noc2n1. The summed E-state index contributed by atoms with van der Waals surface area (Å²) in [6, 6.07) is 4.59. The van der Waals surface area contributed by atoms with E-state index < -0.39 is 17.8 Å². The Labute approximate surface area is 140 Å². The van der Waals surface area contributed by atoms with Crippen molar-refractivity contribution in [2.45, 2.75) is 26.1 Å². The molecule has 3 rings (SSSR count). The average Bonchev–Trinajstić information content (AvgIpc) is 2.92. The number of aliphatic hydroxyl groups is 1. The van der Waals surface area contributed by atoms with Crippen LogP contribution in [0.4, 0.5) is 19.0 Å². The van der Waals surface area contributed by atoms with E-state index in [0.29, 0.717) is 28.4 Å². The van der Waals surface area contributed by atoms with Crippen molar-refractivity contribution in [3.63, 3.8) is 0 Å². The van der Waals surface area contributed by atoms with E-state index in [-0.39, 0.29) is 12.1 Å². The van der Waals surface area contributed by atoms with Gasteiger partial charge in [0.05, 0.1) is 17.4 Å². The average molecular weight is 352 g/mol. The number of anilines is 1. The third kappa shape index (κ3) is 3.55. The molecule has 1 aromatic carbocycles. The second-order valence-electron chi connectivity index (χ2n) is 5.59. The molecule has 0 aliphatic carbocycles. The normalized spacial score (nSPS) is 13.2. The number of halogens is 3.